The van der Waals surface area contributed by atoms with Crippen LogP contribution in [-0.2, 0) is 4.74 Å². The van der Waals surface area contributed by atoms with E-state index in [1.165, 1.54) is 51.7 Å². The van der Waals surface area contributed by atoms with E-state index in [0.29, 0.717) is 0 Å². The first-order valence-corrected chi connectivity index (χ1v) is 6.04. The van der Waals surface area contributed by atoms with Gasteiger partial charge in [0.1, 0.15) is 0 Å². The van der Waals surface area contributed by atoms with Crippen LogP contribution in [0.4, 0.5) is 0 Å². The zero-order chi connectivity index (χ0) is 10.2. The van der Waals surface area contributed by atoms with Crippen molar-refractivity contribution in [2.24, 2.45) is 5.92 Å². The fraction of sp³-hybridized carbons (Fsp3) is 1.00. The SMILES string of the molecule is COCCCCCN1CCC[C@@H](C)C1. The molecule has 1 rings (SSSR count). The van der Waals surface area contributed by atoms with Crippen LogP contribution in [0.1, 0.15) is 39.0 Å². The molecule has 0 N–H and O–H groups in total. The Morgan fingerprint density at radius 3 is 2.86 bits per heavy atom. The fourth-order valence-corrected chi connectivity index (χ4v) is 2.25. The molecule has 1 aliphatic rings. The number of methoxy groups -OCH3 is 1. The topological polar surface area (TPSA) is 12.5 Å². The van der Waals surface area contributed by atoms with Crippen molar-refractivity contribution in [3.8, 4) is 0 Å². The van der Waals surface area contributed by atoms with E-state index in [4.69, 9.17) is 4.74 Å². The molecular formula is C12H25NO. The third-order valence-electron chi connectivity index (χ3n) is 3.06. The summed E-state index contributed by atoms with van der Waals surface area (Å²) in [7, 11) is 1.78. The number of rotatable bonds is 6. The molecule has 0 aliphatic carbocycles. The Kier molecular flexibility index (Phi) is 6.20. The molecular weight excluding hydrogens is 174 g/mol. The average Bonchev–Trinajstić information content (AvgIpc) is 2.18. The third-order valence-corrected chi connectivity index (χ3v) is 3.06. The Hall–Kier alpha value is -0.0800. The second-order valence-corrected chi connectivity index (χ2v) is 4.60. The maximum atomic E-state index is 5.04. The minimum absolute atomic E-state index is 0.919. The van der Waals surface area contributed by atoms with Crippen LogP contribution in [0.5, 0.6) is 0 Å². The lowest BCUT2D eigenvalue weighted by atomic mass is 10.00. The average molecular weight is 199 g/mol. The van der Waals surface area contributed by atoms with Gasteiger partial charge in [0, 0.05) is 20.3 Å². The van der Waals surface area contributed by atoms with Crippen molar-refractivity contribution >= 4 is 0 Å². The monoisotopic (exact) mass is 199 g/mol. The van der Waals surface area contributed by atoms with E-state index < -0.39 is 0 Å². The van der Waals surface area contributed by atoms with E-state index >= 15 is 0 Å². The molecule has 0 spiro atoms. The van der Waals surface area contributed by atoms with Gasteiger partial charge in [0.15, 0.2) is 0 Å². The van der Waals surface area contributed by atoms with Crippen molar-refractivity contribution in [3.63, 3.8) is 0 Å². The first-order chi connectivity index (χ1) is 6.83. The minimum atomic E-state index is 0.919. The summed E-state index contributed by atoms with van der Waals surface area (Å²) in [5.74, 6) is 0.919. The minimum Gasteiger partial charge on any atom is -0.385 e. The third kappa shape index (κ3) is 4.97. The first kappa shape index (κ1) is 12.0. The molecule has 2 nitrogen and oxygen atoms in total. The zero-order valence-electron chi connectivity index (χ0n) is 9.80. The van der Waals surface area contributed by atoms with Gasteiger partial charge < -0.3 is 9.64 Å². The van der Waals surface area contributed by atoms with Crippen molar-refractivity contribution in [1.29, 1.82) is 0 Å². The Morgan fingerprint density at radius 1 is 1.29 bits per heavy atom. The van der Waals surface area contributed by atoms with Crippen LogP contribution in [0.25, 0.3) is 0 Å². The molecule has 0 bridgehead atoms. The van der Waals surface area contributed by atoms with Crippen LogP contribution < -0.4 is 0 Å². The second-order valence-electron chi connectivity index (χ2n) is 4.60. The van der Waals surface area contributed by atoms with Gasteiger partial charge in [-0.05, 0) is 51.1 Å². The Morgan fingerprint density at radius 2 is 2.14 bits per heavy atom. The van der Waals surface area contributed by atoms with E-state index in [0.717, 1.165) is 12.5 Å². The fourth-order valence-electron chi connectivity index (χ4n) is 2.25. The van der Waals surface area contributed by atoms with Crippen molar-refractivity contribution in [2.75, 3.05) is 33.4 Å². The number of unbranched alkanes of at least 4 members (excludes halogenated alkanes) is 2. The molecule has 0 aromatic carbocycles. The first-order valence-electron chi connectivity index (χ1n) is 6.04. The predicted octanol–water partition coefficient (Wildman–Crippen LogP) is 2.54. The van der Waals surface area contributed by atoms with E-state index in [-0.39, 0.29) is 0 Å². The number of likely N-dealkylation sites (tertiary alicyclic amines) is 1. The van der Waals surface area contributed by atoms with Crippen molar-refractivity contribution in [3.05, 3.63) is 0 Å². The molecule has 0 saturated carbocycles. The summed E-state index contributed by atoms with van der Waals surface area (Å²) >= 11 is 0. The Balaban J connectivity index is 1.95. The largest absolute Gasteiger partial charge is 0.385 e. The lowest BCUT2D eigenvalue weighted by Gasteiger charge is -2.30. The van der Waals surface area contributed by atoms with E-state index in [1.807, 2.05) is 0 Å². The summed E-state index contributed by atoms with van der Waals surface area (Å²) in [4.78, 5) is 2.63. The Bertz CT molecular complexity index is 138. The molecule has 2 heteroatoms. The number of nitrogens with zero attached hydrogens (tertiary/aromatic N) is 1. The van der Waals surface area contributed by atoms with Crippen LogP contribution in [0, 0.1) is 5.92 Å². The van der Waals surface area contributed by atoms with Crippen molar-refractivity contribution in [2.45, 2.75) is 39.0 Å². The predicted molar refractivity (Wildman–Crippen MR) is 60.6 cm³/mol. The van der Waals surface area contributed by atoms with Crippen LogP contribution in [0.3, 0.4) is 0 Å². The second kappa shape index (κ2) is 7.24. The van der Waals surface area contributed by atoms with Gasteiger partial charge in [-0.3, -0.25) is 0 Å². The van der Waals surface area contributed by atoms with Crippen molar-refractivity contribution < 1.29 is 4.74 Å². The molecule has 84 valence electrons. The van der Waals surface area contributed by atoms with Gasteiger partial charge in [0.2, 0.25) is 0 Å². The van der Waals surface area contributed by atoms with Gasteiger partial charge >= 0.3 is 0 Å². The number of piperidine rings is 1. The number of hydrogen-bond donors (Lipinski definition) is 0. The maximum Gasteiger partial charge on any atom is 0.0462 e. The Labute approximate surface area is 88.6 Å². The molecule has 1 atom stereocenters. The molecule has 0 radical (unpaired) electrons. The lowest BCUT2D eigenvalue weighted by molar-refractivity contribution is 0.171. The molecule has 1 saturated heterocycles. The van der Waals surface area contributed by atoms with Gasteiger partial charge in [-0.25, -0.2) is 0 Å². The lowest BCUT2D eigenvalue weighted by Crippen LogP contribution is -2.34. The summed E-state index contributed by atoms with van der Waals surface area (Å²) in [5, 5.41) is 0. The molecule has 1 aliphatic heterocycles. The molecule has 0 aromatic rings. The normalized spacial score (nSPS) is 24.0. The summed E-state index contributed by atoms with van der Waals surface area (Å²) in [5.41, 5.74) is 0. The highest BCUT2D eigenvalue weighted by Gasteiger charge is 2.14. The standard InChI is InChI=1S/C12H25NO/c1-12-7-6-9-13(11-12)8-4-3-5-10-14-2/h12H,3-11H2,1-2H3/t12-/m1/s1. The van der Waals surface area contributed by atoms with E-state index in [1.54, 1.807) is 7.11 Å². The van der Waals surface area contributed by atoms with Crippen LogP contribution in [0.15, 0.2) is 0 Å². The highest BCUT2D eigenvalue weighted by Crippen LogP contribution is 2.15. The highest BCUT2D eigenvalue weighted by atomic mass is 16.5. The van der Waals surface area contributed by atoms with Gasteiger partial charge in [0.25, 0.3) is 0 Å². The van der Waals surface area contributed by atoms with Gasteiger partial charge in [0.05, 0.1) is 0 Å². The molecule has 14 heavy (non-hydrogen) atoms. The van der Waals surface area contributed by atoms with Crippen LogP contribution in [-0.4, -0.2) is 38.3 Å². The summed E-state index contributed by atoms with van der Waals surface area (Å²) in [6.07, 6.45) is 6.72. The van der Waals surface area contributed by atoms with Crippen LogP contribution in [0.2, 0.25) is 0 Å². The van der Waals surface area contributed by atoms with Crippen molar-refractivity contribution in [1.82, 2.24) is 4.90 Å². The quantitative estimate of drug-likeness (QED) is 0.610. The zero-order valence-corrected chi connectivity index (χ0v) is 9.80. The molecule has 0 aromatic heterocycles. The van der Waals surface area contributed by atoms with Gasteiger partial charge in [-0.2, -0.15) is 0 Å². The summed E-state index contributed by atoms with van der Waals surface area (Å²) in [6, 6.07) is 0. The molecule has 0 unspecified atom stereocenters. The van der Waals surface area contributed by atoms with E-state index in [2.05, 4.69) is 11.8 Å². The van der Waals surface area contributed by atoms with E-state index in [9.17, 15) is 0 Å². The van der Waals surface area contributed by atoms with Crippen LogP contribution >= 0.6 is 0 Å². The maximum absolute atomic E-state index is 5.04. The molecule has 0 amide bonds. The molecule has 1 heterocycles. The van der Waals surface area contributed by atoms with Gasteiger partial charge in [-0.1, -0.05) is 6.92 Å². The van der Waals surface area contributed by atoms with Gasteiger partial charge in [-0.15, -0.1) is 0 Å². The number of hydrogen-bond acceptors (Lipinski definition) is 2. The summed E-state index contributed by atoms with van der Waals surface area (Å²) in [6.45, 7) is 7.25. The number of ether oxygens (including phenoxy) is 1. The smallest absolute Gasteiger partial charge is 0.0462 e. The molecule has 1 fully saturated rings. The summed E-state index contributed by atoms with van der Waals surface area (Å²) < 4.78 is 5.04. The highest BCUT2D eigenvalue weighted by molar-refractivity contribution is 4.69.